The van der Waals surface area contributed by atoms with Gasteiger partial charge in [0.05, 0.1) is 38.6 Å². The predicted molar refractivity (Wildman–Crippen MR) is 60.5 cm³/mol. The van der Waals surface area contributed by atoms with E-state index in [9.17, 15) is 10.2 Å². The number of aliphatic hydroxyl groups is 2. The number of rotatable bonds is 2. The lowest BCUT2D eigenvalue weighted by Crippen LogP contribution is -2.55. The molecule has 17 heavy (non-hydrogen) atoms. The maximum Gasteiger partial charge on any atom is 0.173 e. The number of hydrogen-bond acceptors (Lipinski definition) is 5. The molecule has 2 rings (SSSR count). The largest absolute Gasteiger partial charge is 0.394 e. The smallest absolute Gasteiger partial charge is 0.173 e. The van der Waals surface area contributed by atoms with E-state index in [1.165, 1.54) is 0 Å². The van der Waals surface area contributed by atoms with E-state index in [0.29, 0.717) is 26.1 Å². The van der Waals surface area contributed by atoms with Gasteiger partial charge in [0.15, 0.2) is 5.79 Å². The van der Waals surface area contributed by atoms with Crippen molar-refractivity contribution >= 4 is 0 Å². The van der Waals surface area contributed by atoms with Crippen molar-refractivity contribution in [2.24, 2.45) is 5.41 Å². The first-order chi connectivity index (χ1) is 7.99. The van der Waals surface area contributed by atoms with Crippen LogP contribution >= 0.6 is 0 Å². The highest BCUT2D eigenvalue weighted by Gasteiger charge is 2.47. The molecule has 5 nitrogen and oxygen atoms in total. The summed E-state index contributed by atoms with van der Waals surface area (Å²) < 4.78 is 17.2. The SMILES string of the molecule is CC1(C)COC2(C[C@@H](CO)O[C@@H](CO)C2)OC1. The third-order valence-corrected chi connectivity index (χ3v) is 3.32. The summed E-state index contributed by atoms with van der Waals surface area (Å²) in [5.74, 6) is -0.686. The van der Waals surface area contributed by atoms with Crippen molar-refractivity contribution in [3.8, 4) is 0 Å². The lowest BCUT2D eigenvalue weighted by molar-refractivity contribution is -0.341. The highest BCUT2D eigenvalue weighted by Crippen LogP contribution is 2.39. The molecule has 2 aliphatic rings. The Hall–Kier alpha value is -0.200. The second kappa shape index (κ2) is 4.82. The molecule has 5 heteroatoms. The molecule has 2 atom stereocenters. The summed E-state index contributed by atoms with van der Waals surface area (Å²) in [5.41, 5.74) is 0.0208. The molecule has 0 amide bonds. The van der Waals surface area contributed by atoms with Crippen LogP contribution in [0.4, 0.5) is 0 Å². The van der Waals surface area contributed by atoms with Gasteiger partial charge in [-0.2, -0.15) is 0 Å². The number of hydrogen-bond donors (Lipinski definition) is 2. The van der Waals surface area contributed by atoms with Crippen molar-refractivity contribution in [1.82, 2.24) is 0 Å². The minimum atomic E-state index is -0.686. The van der Waals surface area contributed by atoms with Crippen LogP contribution in [0, 0.1) is 5.41 Å². The maximum atomic E-state index is 9.20. The van der Waals surface area contributed by atoms with Gasteiger partial charge in [-0.15, -0.1) is 0 Å². The fourth-order valence-electron chi connectivity index (χ4n) is 2.33. The summed E-state index contributed by atoms with van der Waals surface area (Å²) in [7, 11) is 0. The highest BCUT2D eigenvalue weighted by molar-refractivity contribution is 4.88. The van der Waals surface area contributed by atoms with Gasteiger partial charge in [-0.1, -0.05) is 13.8 Å². The van der Waals surface area contributed by atoms with Crippen LogP contribution in [0.5, 0.6) is 0 Å². The highest BCUT2D eigenvalue weighted by atomic mass is 16.7. The van der Waals surface area contributed by atoms with Crippen LogP contribution in [0.15, 0.2) is 0 Å². The first kappa shape index (κ1) is 13.2. The second-order valence-electron chi connectivity index (χ2n) is 5.81. The molecule has 2 fully saturated rings. The van der Waals surface area contributed by atoms with E-state index in [2.05, 4.69) is 13.8 Å². The van der Waals surface area contributed by atoms with E-state index < -0.39 is 5.79 Å². The molecule has 0 aromatic heterocycles. The van der Waals surface area contributed by atoms with E-state index in [-0.39, 0.29) is 30.8 Å². The third kappa shape index (κ3) is 2.98. The maximum absolute atomic E-state index is 9.20. The van der Waals surface area contributed by atoms with Crippen molar-refractivity contribution in [3.63, 3.8) is 0 Å². The van der Waals surface area contributed by atoms with Crippen molar-refractivity contribution < 1.29 is 24.4 Å². The Morgan fingerprint density at radius 3 is 1.88 bits per heavy atom. The number of ether oxygens (including phenoxy) is 3. The van der Waals surface area contributed by atoms with Crippen LogP contribution in [0.3, 0.4) is 0 Å². The van der Waals surface area contributed by atoms with Gasteiger partial charge in [-0.05, 0) is 0 Å². The van der Waals surface area contributed by atoms with Gasteiger partial charge in [-0.25, -0.2) is 0 Å². The molecule has 2 aliphatic heterocycles. The van der Waals surface area contributed by atoms with Gasteiger partial charge in [0.2, 0.25) is 0 Å². The Labute approximate surface area is 102 Å². The van der Waals surface area contributed by atoms with Crippen LogP contribution in [-0.4, -0.2) is 54.6 Å². The molecule has 100 valence electrons. The van der Waals surface area contributed by atoms with Crippen LogP contribution in [-0.2, 0) is 14.2 Å². The van der Waals surface area contributed by atoms with Gasteiger partial charge in [0.25, 0.3) is 0 Å². The van der Waals surface area contributed by atoms with Crippen molar-refractivity contribution in [2.45, 2.75) is 44.7 Å². The molecule has 2 heterocycles. The molecule has 0 aromatic rings. The second-order valence-corrected chi connectivity index (χ2v) is 5.81. The zero-order valence-electron chi connectivity index (χ0n) is 10.5. The van der Waals surface area contributed by atoms with Crippen molar-refractivity contribution in [1.29, 1.82) is 0 Å². The topological polar surface area (TPSA) is 68.2 Å². The standard InChI is InChI=1S/C12H22O5/c1-11(2)7-15-12(16-8-11)3-9(5-13)17-10(4-12)6-14/h9-10,13-14H,3-8H2,1-2H3/t9-,10+. The third-order valence-electron chi connectivity index (χ3n) is 3.32. The summed E-state index contributed by atoms with van der Waals surface area (Å²) in [5, 5.41) is 18.4. The predicted octanol–water partition coefficient (Wildman–Crippen LogP) is 0.288. The Bertz CT molecular complexity index is 242. The Morgan fingerprint density at radius 1 is 1.00 bits per heavy atom. The average molecular weight is 246 g/mol. The van der Waals surface area contributed by atoms with Crippen molar-refractivity contribution in [3.05, 3.63) is 0 Å². The summed E-state index contributed by atoms with van der Waals surface area (Å²) in [6.07, 6.45) is 0.413. The van der Waals surface area contributed by atoms with E-state index in [1.807, 2.05) is 0 Å². The van der Waals surface area contributed by atoms with Crippen LogP contribution < -0.4 is 0 Å². The average Bonchev–Trinajstić information content (AvgIpc) is 2.33. The van der Waals surface area contributed by atoms with Crippen LogP contribution in [0.25, 0.3) is 0 Å². The summed E-state index contributed by atoms with van der Waals surface area (Å²) in [6.45, 7) is 5.29. The zero-order chi connectivity index (χ0) is 12.5. The molecule has 0 saturated carbocycles. The molecule has 0 bridgehead atoms. The zero-order valence-corrected chi connectivity index (χ0v) is 10.5. The van der Waals surface area contributed by atoms with Crippen LogP contribution in [0.2, 0.25) is 0 Å². The minimum absolute atomic E-state index is 0.0208. The molecule has 1 spiro atoms. The molecule has 0 aliphatic carbocycles. The molecule has 2 saturated heterocycles. The lowest BCUT2D eigenvalue weighted by Gasteiger charge is -2.48. The molecule has 0 radical (unpaired) electrons. The van der Waals surface area contributed by atoms with Gasteiger partial charge in [0.1, 0.15) is 0 Å². The van der Waals surface area contributed by atoms with Gasteiger partial charge < -0.3 is 24.4 Å². The van der Waals surface area contributed by atoms with Gasteiger partial charge in [0, 0.05) is 18.3 Å². The van der Waals surface area contributed by atoms with Gasteiger partial charge in [-0.3, -0.25) is 0 Å². The summed E-state index contributed by atoms with van der Waals surface area (Å²) in [4.78, 5) is 0. The molecular weight excluding hydrogens is 224 g/mol. The fraction of sp³-hybridized carbons (Fsp3) is 1.00. The number of aliphatic hydroxyl groups excluding tert-OH is 2. The van der Waals surface area contributed by atoms with E-state index in [1.54, 1.807) is 0 Å². The van der Waals surface area contributed by atoms with Crippen LogP contribution in [0.1, 0.15) is 26.7 Å². The summed E-state index contributed by atoms with van der Waals surface area (Å²) in [6, 6.07) is 0. The first-order valence-corrected chi connectivity index (χ1v) is 6.14. The normalized spacial score (nSPS) is 36.0. The van der Waals surface area contributed by atoms with E-state index in [4.69, 9.17) is 14.2 Å². The quantitative estimate of drug-likeness (QED) is 0.733. The minimum Gasteiger partial charge on any atom is -0.394 e. The molecule has 2 N–H and O–H groups in total. The fourth-order valence-corrected chi connectivity index (χ4v) is 2.33. The van der Waals surface area contributed by atoms with Crippen molar-refractivity contribution in [2.75, 3.05) is 26.4 Å². The molecule has 0 unspecified atom stereocenters. The monoisotopic (exact) mass is 246 g/mol. The van der Waals surface area contributed by atoms with E-state index in [0.717, 1.165) is 0 Å². The Kier molecular flexibility index (Phi) is 3.75. The van der Waals surface area contributed by atoms with E-state index >= 15 is 0 Å². The molecular formula is C12H22O5. The summed E-state index contributed by atoms with van der Waals surface area (Å²) >= 11 is 0. The lowest BCUT2D eigenvalue weighted by atomic mass is 9.91. The molecule has 0 aromatic carbocycles. The Balaban J connectivity index is 2.03. The first-order valence-electron chi connectivity index (χ1n) is 6.14. The van der Waals surface area contributed by atoms with Gasteiger partial charge >= 0.3 is 0 Å². The Morgan fingerprint density at radius 2 is 1.47 bits per heavy atom.